The maximum Gasteiger partial charge on any atom is 0.238 e. The van der Waals surface area contributed by atoms with E-state index in [1.165, 1.54) is 7.11 Å². The van der Waals surface area contributed by atoms with Gasteiger partial charge in [0.2, 0.25) is 21.9 Å². The molecule has 3 N–H and O–H groups in total. The third kappa shape index (κ3) is 6.82. The number of aliphatic hydroxyl groups is 1. The van der Waals surface area contributed by atoms with Crippen LogP contribution >= 0.6 is 11.3 Å². The third-order valence-corrected chi connectivity index (χ3v) is 11.0. The number of nitrogens with zero attached hydrogens (tertiary/aromatic N) is 5. The summed E-state index contributed by atoms with van der Waals surface area (Å²) in [4.78, 5) is 31.9. The van der Waals surface area contributed by atoms with Crippen molar-refractivity contribution in [3.63, 3.8) is 0 Å². The van der Waals surface area contributed by atoms with E-state index >= 15 is 0 Å². The maximum atomic E-state index is 13.2. The first-order valence-electron chi connectivity index (χ1n) is 15.0. The number of methoxy groups -OCH3 is 1. The van der Waals surface area contributed by atoms with Crippen LogP contribution in [0.5, 0.6) is 5.88 Å². The number of likely N-dealkylation sites (tertiary alicyclic amines) is 1. The Balaban J connectivity index is 1.37. The smallest absolute Gasteiger partial charge is 0.238 e. The Kier molecular flexibility index (Phi) is 9.31. The van der Waals surface area contributed by atoms with Gasteiger partial charge in [0.25, 0.3) is 0 Å². The molecular weight excluding hydrogens is 606 g/mol. The van der Waals surface area contributed by atoms with Crippen LogP contribution in [0.25, 0.3) is 21.5 Å². The van der Waals surface area contributed by atoms with Crippen molar-refractivity contribution in [3.8, 4) is 17.1 Å². The zero-order valence-electron chi connectivity index (χ0n) is 25.0. The molecule has 3 saturated heterocycles. The molecule has 1 unspecified atom stereocenters. The summed E-state index contributed by atoms with van der Waals surface area (Å²) in [5.41, 5.74) is 3.52. The van der Waals surface area contributed by atoms with Crippen molar-refractivity contribution in [1.82, 2.24) is 25.2 Å². The van der Waals surface area contributed by atoms with Gasteiger partial charge in [-0.05, 0) is 25.8 Å². The highest BCUT2D eigenvalue weighted by Gasteiger charge is 2.29. The number of anilines is 2. The van der Waals surface area contributed by atoms with E-state index in [9.17, 15) is 18.3 Å². The average molecular weight is 646 g/mol. The number of hydrogen-bond donors (Lipinski definition) is 3. The Bertz CT molecular complexity index is 1620. The van der Waals surface area contributed by atoms with E-state index in [4.69, 9.17) is 19.4 Å². The lowest BCUT2D eigenvalue weighted by Crippen LogP contribution is -2.37. The number of Topliss-reactive ketones (excluding diaryl/α,β-unsaturated/α-hetero) is 1. The first-order chi connectivity index (χ1) is 21.2. The molecule has 0 saturated carbocycles. The number of ketones is 1. The van der Waals surface area contributed by atoms with Gasteiger partial charge in [-0.1, -0.05) is 0 Å². The third-order valence-electron chi connectivity index (χ3n) is 8.47. The molecule has 3 aliphatic heterocycles. The number of morpholine rings is 1. The molecule has 6 rings (SSSR count). The number of thiophene rings is 1. The van der Waals surface area contributed by atoms with Gasteiger partial charge < -0.3 is 24.8 Å². The van der Waals surface area contributed by atoms with Gasteiger partial charge in [0, 0.05) is 79.9 Å². The highest BCUT2D eigenvalue weighted by atomic mass is 32.2. The van der Waals surface area contributed by atoms with Crippen molar-refractivity contribution in [2.24, 2.45) is 0 Å². The lowest BCUT2D eigenvalue weighted by Gasteiger charge is -2.28. The largest absolute Gasteiger partial charge is 0.480 e. The molecule has 3 fully saturated rings. The Labute approximate surface area is 261 Å². The monoisotopic (exact) mass is 645 g/mol. The van der Waals surface area contributed by atoms with Gasteiger partial charge in [-0.25, -0.2) is 23.4 Å². The quantitative estimate of drug-likeness (QED) is 0.295. The Morgan fingerprint density at radius 3 is 2.61 bits per heavy atom. The van der Waals surface area contributed by atoms with Crippen molar-refractivity contribution in [1.29, 1.82) is 0 Å². The zero-order valence-corrected chi connectivity index (χ0v) is 26.7. The summed E-state index contributed by atoms with van der Waals surface area (Å²) in [6.45, 7) is 6.70. The minimum atomic E-state index is -3.77. The van der Waals surface area contributed by atoms with E-state index < -0.39 is 10.0 Å². The number of ether oxygens (including phenoxy) is 2. The second-order valence-electron chi connectivity index (χ2n) is 11.6. The van der Waals surface area contributed by atoms with Gasteiger partial charge in [0.1, 0.15) is 11.5 Å². The first kappa shape index (κ1) is 31.0. The normalized spacial score (nSPS) is 21.7. The van der Waals surface area contributed by atoms with E-state index in [2.05, 4.69) is 31.7 Å². The predicted octanol–water partition coefficient (Wildman–Crippen LogP) is 1.93. The molecule has 3 aromatic heterocycles. The van der Waals surface area contributed by atoms with E-state index in [-0.39, 0.29) is 36.0 Å². The molecule has 2 atom stereocenters. The van der Waals surface area contributed by atoms with Crippen molar-refractivity contribution >= 4 is 49.0 Å². The number of carbonyl (C=O) groups is 1. The second-order valence-corrected chi connectivity index (χ2v) is 14.6. The average Bonchev–Trinajstić information content (AvgIpc) is 3.60. The molecule has 15 heteroatoms. The number of hydrogen-bond acceptors (Lipinski definition) is 13. The molecule has 0 aromatic carbocycles. The number of aliphatic hydroxyl groups excluding tert-OH is 1. The summed E-state index contributed by atoms with van der Waals surface area (Å²) in [6.07, 6.45) is 4.17. The van der Waals surface area contributed by atoms with Crippen LogP contribution in [0.15, 0.2) is 12.3 Å². The highest BCUT2D eigenvalue weighted by Crippen LogP contribution is 2.39. The van der Waals surface area contributed by atoms with Crippen molar-refractivity contribution in [2.75, 3.05) is 68.5 Å². The number of fused-ring (bicyclic) bond motifs is 1. The molecular formula is C29H39N7O6S2. The van der Waals surface area contributed by atoms with Crippen LogP contribution in [0, 0.1) is 6.92 Å². The number of sulfonamides is 1. The summed E-state index contributed by atoms with van der Waals surface area (Å²) in [7, 11) is -2.32. The van der Waals surface area contributed by atoms with Crippen LogP contribution in [-0.4, -0.2) is 110 Å². The van der Waals surface area contributed by atoms with Crippen LogP contribution in [0.1, 0.15) is 36.1 Å². The molecule has 3 aromatic rings. The number of pyridine rings is 1. The molecule has 6 heterocycles. The fourth-order valence-electron chi connectivity index (χ4n) is 6.06. The maximum absolute atomic E-state index is 13.2. The Morgan fingerprint density at radius 1 is 1.16 bits per heavy atom. The van der Waals surface area contributed by atoms with Crippen LogP contribution in [0.2, 0.25) is 0 Å². The fraction of sp³-hybridized carbons (Fsp3) is 0.586. The summed E-state index contributed by atoms with van der Waals surface area (Å²) >= 11 is 1.61. The van der Waals surface area contributed by atoms with E-state index in [1.807, 2.05) is 0 Å². The lowest BCUT2D eigenvalue weighted by molar-refractivity contribution is -0.121. The second kappa shape index (κ2) is 13.2. The molecule has 0 amide bonds. The van der Waals surface area contributed by atoms with Crippen LogP contribution in [-0.2, 0) is 26.1 Å². The molecule has 44 heavy (non-hydrogen) atoms. The van der Waals surface area contributed by atoms with Crippen LogP contribution in [0.4, 0.5) is 11.6 Å². The van der Waals surface area contributed by atoms with Gasteiger partial charge >= 0.3 is 0 Å². The number of aryl methyl sites for hydroxylation is 1. The molecule has 3 aliphatic rings. The molecule has 0 spiro atoms. The summed E-state index contributed by atoms with van der Waals surface area (Å²) in [6, 6.07) is 1.37. The Hall–Kier alpha value is -2.95. The van der Waals surface area contributed by atoms with Gasteiger partial charge in [0.05, 0.1) is 48.6 Å². The summed E-state index contributed by atoms with van der Waals surface area (Å²) < 4.78 is 41.1. The summed E-state index contributed by atoms with van der Waals surface area (Å²) in [5, 5.41) is 12.6. The SMILES string of the molecule is COc1ncc(-c2nc(N3CCOCC3)nc3c(CN4CCC(=O)CC4)c(C)sc23)cc1NS(=O)(=O)CC1CC[C@@H](CO)N1. The van der Waals surface area contributed by atoms with Crippen molar-refractivity contribution in [3.05, 3.63) is 22.7 Å². The minimum absolute atomic E-state index is 0.0226. The number of piperidine rings is 1. The molecule has 0 aliphatic carbocycles. The molecule has 238 valence electrons. The minimum Gasteiger partial charge on any atom is -0.480 e. The van der Waals surface area contributed by atoms with Crippen molar-refractivity contribution in [2.45, 2.75) is 51.2 Å². The fourth-order valence-corrected chi connectivity index (χ4v) is 8.54. The zero-order chi connectivity index (χ0) is 30.8. The summed E-state index contributed by atoms with van der Waals surface area (Å²) in [5.74, 6) is 0.920. The Morgan fingerprint density at radius 2 is 1.91 bits per heavy atom. The van der Waals surface area contributed by atoms with Gasteiger partial charge in [-0.3, -0.25) is 14.4 Å². The van der Waals surface area contributed by atoms with Gasteiger partial charge in [0.15, 0.2) is 0 Å². The van der Waals surface area contributed by atoms with E-state index in [1.54, 1.807) is 23.6 Å². The van der Waals surface area contributed by atoms with Gasteiger partial charge in [-0.15, -0.1) is 11.3 Å². The number of carbonyl (C=O) groups excluding carboxylic acids is 1. The van der Waals surface area contributed by atoms with Crippen LogP contribution < -0.4 is 19.7 Å². The first-order valence-corrected chi connectivity index (χ1v) is 17.5. The highest BCUT2D eigenvalue weighted by molar-refractivity contribution is 7.92. The number of rotatable bonds is 10. The topological polar surface area (TPSA) is 159 Å². The number of nitrogens with one attached hydrogen (secondary N) is 2. The standard InChI is InChI=1S/C29H39N7O6S2/c1-18-23(15-35-7-5-22(38)6-8-35)26-27(43-18)25(32-29(33-26)36-9-11-42-12-10-36)19-13-24(28(41-2)30-14-19)34-44(39,40)17-21-4-3-20(16-37)31-21/h13-14,20-21,31,34,37H,3-12,15-17H2,1-2H3/t20-,21?/m0/s1. The van der Waals surface area contributed by atoms with Crippen molar-refractivity contribution < 1.29 is 27.8 Å². The lowest BCUT2D eigenvalue weighted by atomic mass is 10.1. The molecule has 0 radical (unpaired) electrons. The molecule has 0 bridgehead atoms. The van der Waals surface area contributed by atoms with E-state index in [0.29, 0.717) is 75.1 Å². The van der Waals surface area contributed by atoms with E-state index in [0.717, 1.165) is 40.2 Å². The van der Waals surface area contributed by atoms with Gasteiger partial charge in [-0.2, -0.15) is 0 Å². The predicted molar refractivity (Wildman–Crippen MR) is 169 cm³/mol. The molecule has 13 nitrogen and oxygen atoms in total. The number of aromatic nitrogens is 3. The van der Waals surface area contributed by atoms with Crippen LogP contribution in [0.3, 0.4) is 0 Å².